The summed E-state index contributed by atoms with van der Waals surface area (Å²) in [6.45, 7) is 0. The van der Waals surface area contributed by atoms with E-state index < -0.39 is 17.7 Å². The van der Waals surface area contributed by atoms with Crippen LogP contribution in [0.25, 0.3) is 0 Å². The van der Waals surface area contributed by atoms with Crippen LogP contribution in [-0.2, 0) is 11.2 Å². The molecule has 0 bridgehead atoms. The summed E-state index contributed by atoms with van der Waals surface area (Å²) >= 11 is 0. The van der Waals surface area contributed by atoms with Gasteiger partial charge in [0.15, 0.2) is 0 Å². The Kier molecular flexibility index (Phi) is 3.80. The number of carboxylic acid groups (broad SMARTS) is 1. The van der Waals surface area contributed by atoms with E-state index in [1.807, 2.05) is 0 Å². The van der Waals surface area contributed by atoms with Gasteiger partial charge in [-0.25, -0.2) is 4.39 Å². The number of hydrogen-bond acceptors (Lipinski definition) is 2. The number of halogens is 1. The average molecular weight is 260 g/mol. The molecule has 3 nitrogen and oxygen atoms in total. The lowest BCUT2D eigenvalue weighted by atomic mass is 9.91. The molecular formula is C15H13FO3. The van der Waals surface area contributed by atoms with Gasteiger partial charge in [0.25, 0.3) is 0 Å². The van der Waals surface area contributed by atoms with Crippen molar-refractivity contribution in [1.82, 2.24) is 0 Å². The van der Waals surface area contributed by atoms with Crippen LogP contribution < -0.4 is 0 Å². The van der Waals surface area contributed by atoms with Gasteiger partial charge in [0.2, 0.25) is 0 Å². The summed E-state index contributed by atoms with van der Waals surface area (Å²) in [7, 11) is 0. The first kappa shape index (κ1) is 13.1. The van der Waals surface area contributed by atoms with E-state index in [2.05, 4.69) is 0 Å². The third-order valence-electron chi connectivity index (χ3n) is 2.93. The SMILES string of the molecule is O=C(O)C(Cc1cccc(O)c1)c1ccccc1F. The lowest BCUT2D eigenvalue weighted by Gasteiger charge is -2.13. The summed E-state index contributed by atoms with van der Waals surface area (Å²) in [4.78, 5) is 11.3. The minimum atomic E-state index is -1.09. The smallest absolute Gasteiger partial charge is 0.311 e. The quantitative estimate of drug-likeness (QED) is 0.888. The summed E-state index contributed by atoms with van der Waals surface area (Å²) in [5.41, 5.74) is 0.800. The van der Waals surface area contributed by atoms with E-state index in [0.717, 1.165) is 0 Å². The van der Waals surface area contributed by atoms with Crippen LogP contribution in [0.15, 0.2) is 48.5 Å². The number of carboxylic acids is 1. The zero-order valence-corrected chi connectivity index (χ0v) is 10.1. The lowest BCUT2D eigenvalue weighted by Crippen LogP contribution is -2.15. The van der Waals surface area contributed by atoms with Crippen LogP contribution in [0, 0.1) is 5.82 Å². The lowest BCUT2D eigenvalue weighted by molar-refractivity contribution is -0.138. The molecule has 0 aliphatic heterocycles. The van der Waals surface area contributed by atoms with Crippen LogP contribution in [0.2, 0.25) is 0 Å². The Labute approximate surface area is 109 Å². The van der Waals surface area contributed by atoms with Gasteiger partial charge >= 0.3 is 5.97 Å². The van der Waals surface area contributed by atoms with E-state index in [-0.39, 0.29) is 17.7 Å². The summed E-state index contributed by atoms with van der Waals surface area (Å²) < 4.78 is 13.7. The maximum absolute atomic E-state index is 13.7. The number of benzene rings is 2. The zero-order chi connectivity index (χ0) is 13.8. The molecule has 2 aromatic rings. The second-order valence-corrected chi connectivity index (χ2v) is 4.29. The van der Waals surface area contributed by atoms with E-state index >= 15 is 0 Å². The molecule has 98 valence electrons. The Morgan fingerprint density at radius 2 is 1.89 bits per heavy atom. The van der Waals surface area contributed by atoms with Crippen molar-refractivity contribution in [3.05, 3.63) is 65.5 Å². The molecule has 0 spiro atoms. The number of aromatic hydroxyl groups is 1. The Morgan fingerprint density at radius 1 is 1.16 bits per heavy atom. The molecule has 4 heteroatoms. The van der Waals surface area contributed by atoms with Crippen molar-refractivity contribution in [2.45, 2.75) is 12.3 Å². The molecule has 2 aromatic carbocycles. The number of phenols is 1. The van der Waals surface area contributed by atoms with Gasteiger partial charge < -0.3 is 10.2 Å². The maximum atomic E-state index is 13.7. The van der Waals surface area contributed by atoms with Gasteiger partial charge in [0.05, 0.1) is 5.92 Å². The highest BCUT2D eigenvalue weighted by Gasteiger charge is 2.23. The third kappa shape index (κ3) is 3.10. The van der Waals surface area contributed by atoms with E-state index in [9.17, 15) is 19.4 Å². The van der Waals surface area contributed by atoms with E-state index in [4.69, 9.17) is 0 Å². The van der Waals surface area contributed by atoms with Crippen LogP contribution in [0.4, 0.5) is 4.39 Å². The number of rotatable bonds is 4. The summed E-state index contributed by atoms with van der Waals surface area (Å²) in [5, 5.41) is 18.6. The van der Waals surface area contributed by atoms with Crippen molar-refractivity contribution >= 4 is 5.97 Å². The topological polar surface area (TPSA) is 57.5 Å². The molecule has 0 fully saturated rings. The molecule has 0 aromatic heterocycles. The van der Waals surface area contributed by atoms with Crippen LogP contribution in [0.1, 0.15) is 17.0 Å². The standard InChI is InChI=1S/C15H13FO3/c16-14-7-2-1-6-12(14)13(15(18)19)9-10-4-3-5-11(17)8-10/h1-8,13,17H,9H2,(H,18,19). The molecule has 19 heavy (non-hydrogen) atoms. The van der Waals surface area contributed by atoms with Crippen LogP contribution >= 0.6 is 0 Å². The average Bonchev–Trinajstić information content (AvgIpc) is 2.37. The number of aliphatic carboxylic acids is 1. The summed E-state index contributed by atoms with van der Waals surface area (Å²) in [6, 6.07) is 12.2. The molecule has 0 saturated carbocycles. The largest absolute Gasteiger partial charge is 0.508 e. The first-order valence-corrected chi connectivity index (χ1v) is 5.83. The molecule has 0 amide bonds. The molecule has 1 unspecified atom stereocenters. The van der Waals surface area contributed by atoms with Gasteiger partial charge in [-0.05, 0) is 30.2 Å². The molecule has 2 rings (SSSR count). The minimum Gasteiger partial charge on any atom is -0.508 e. The normalized spacial score (nSPS) is 12.1. The first-order valence-electron chi connectivity index (χ1n) is 5.83. The maximum Gasteiger partial charge on any atom is 0.311 e. The van der Waals surface area contributed by atoms with Crippen molar-refractivity contribution in [3.8, 4) is 5.75 Å². The van der Waals surface area contributed by atoms with Gasteiger partial charge in [-0.2, -0.15) is 0 Å². The van der Waals surface area contributed by atoms with Crippen LogP contribution in [0.3, 0.4) is 0 Å². The fourth-order valence-corrected chi connectivity index (χ4v) is 2.01. The van der Waals surface area contributed by atoms with Gasteiger partial charge in [0.1, 0.15) is 11.6 Å². The van der Waals surface area contributed by atoms with Crippen molar-refractivity contribution in [2.24, 2.45) is 0 Å². The number of phenolic OH excluding ortho intramolecular Hbond substituents is 1. The monoisotopic (exact) mass is 260 g/mol. The van der Waals surface area contributed by atoms with Gasteiger partial charge in [-0.3, -0.25) is 4.79 Å². The zero-order valence-electron chi connectivity index (χ0n) is 10.1. The summed E-state index contributed by atoms with van der Waals surface area (Å²) in [6.07, 6.45) is 0.130. The summed E-state index contributed by atoms with van der Waals surface area (Å²) in [5.74, 6) is -2.53. The number of carbonyl (C=O) groups is 1. The van der Waals surface area contributed by atoms with Crippen molar-refractivity contribution in [2.75, 3.05) is 0 Å². The fraction of sp³-hybridized carbons (Fsp3) is 0.133. The fourth-order valence-electron chi connectivity index (χ4n) is 2.01. The molecule has 0 aliphatic carbocycles. The van der Waals surface area contributed by atoms with Gasteiger partial charge in [-0.1, -0.05) is 30.3 Å². The molecule has 1 atom stereocenters. The van der Waals surface area contributed by atoms with E-state index in [0.29, 0.717) is 5.56 Å². The van der Waals surface area contributed by atoms with Gasteiger partial charge in [0, 0.05) is 5.56 Å². The molecule has 0 aliphatic rings. The van der Waals surface area contributed by atoms with Crippen molar-refractivity contribution in [1.29, 1.82) is 0 Å². The Balaban J connectivity index is 2.32. The third-order valence-corrected chi connectivity index (χ3v) is 2.93. The molecule has 0 radical (unpaired) electrons. The van der Waals surface area contributed by atoms with Crippen molar-refractivity contribution < 1.29 is 19.4 Å². The van der Waals surface area contributed by atoms with E-state index in [1.54, 1.807) is 18.2 Å². The highest BCUT2D eigenvalue weighted by molar-refractivity contribution is 5.76. The Hall–Kier alpha value is -2.36. The minimum absolute atomic E-state index is 0.0650. The molecule has 2 N–H and O–H groups in total. The number of hydrogen-bond donors (Lipinski definition) is 2. The second-order valence-electron chi connectivity index (χ2n) is 4.29. The van der Waals surface area contributed by atoms with Crippen molar-refractivity contribution in [3.63, 3.8) is 0 Å². The predicted octanol–water partition coefficient (Wildman–Crippen LogP) is 2.94. The predicted molar refractivity (Wildman–Crippen MR) is 68.6 cm³/mol. The van der Waals surface area contributed by atoms with E-state index in [1.165, 1.54) is 30.3 Å². The highest BCUT2D eigenvalue weighted by atomic mass is 19.1. The van der Waals surface area contributed by atoms with Gasteiger partial charge in [-0.15, -0.1) is 0 Å². The first-order chi connectivity index (χ1) is 9.08. The highest BCUT2D eigenvalue weighted by Crippen LogP contribution is 2.25. The van der Waals surface area contributed by atoms with Crippen LogP contribution in [-0.4, -0.2) is 16.2 Å². The molecular weight excluding hydrogens is 247 g/mol. The van der Waals surface area contributed by atoms with Crippen LogP contribution in [0.5, 0.6) is 5.75 Å². The Bertz CT molecular complexity index is 595. The molecule has 0 saturated heterocycles. The second kappa shape index (κ2) is 5.52. The molecule has 0 heterocycles. The Morgan fingerprint density at radius 3 is 2.53 bits per heavy atom.